The summed E-state index contributed by atoms with van der Waals surface area (Å²) in [6.07, 6.45) is 1.01. The van der Waals surface area contributed by atoms with Crippen molar-refractivity contribution in [3.05, 3.63) is 57.2 Å². The van der Waals surface area contributed by atoms with Crippen LogP contribution >= 0.6 is 22.9 Å². The number of nitrogens with one attached hydrogen (secondary N) is 1. The van der Waals surface area contributed by atoms with E-state index in [1.807, 2.05) is 18.2 Å². The van der Waals surface area contributed by atoms with Crippen LogP contribution in [0.25, 0.3) is 0 Å². The van der Waals surface area contributed by atoms with Crippen LogP contribution in [-0.2, 0) is 6.42 Å². The van der Waals surface area contributed by atoms with Gasteiger partial charge in [-0.1, -0.05) is 30.7 Å². The Morgan fingerprint density at radius 1 is 1.35 bits per heavy atom. The molecule has 3 heteroatoms. The molecule has 0 aliphatic rings. The quantitative estimate of drug-likeness (QED) is 0.850. The van der Waals surface area contributed by atoms with E-state index >= 15 is 0 Å². The van der Waals surface area contributed by atoms with Gasteiger partial charge >= 0.3 is 0 Å². The van der Waals surface area contributed by atoms with Crippen LogP contribution in [-0.4, -0.2) is 6.54 Å². The third kappa shape index (κ3) is 3.56. The summed E-state index contributed by atoms with van der Waals surface area (Å²) < 4.78 is 0. The lowest BCUT2D eigenvalue weighted by Gasteiger charge is -2.18. The first-order valence-electron chi connectivity index (χ1n) is 5.79. The lowest BCUT2D eigenvalue weighted by atomic mass is 10.0. The molecule has 0 amide bonds. The Hall–Kier alpha value is -0.830. The summed E-state index contributed by atoms with van der Waals surface area (Å²) in [7, 11) is 0. The zero-order chi connectivity index (χ0) is 12.1. The average Bonchev–Trinajstić information content (AvgIpc) is 2.81. The summed E-state index contributed by atoms with van der Waals surface area (Å²) in [4.78, 5) is 0. The van der Waals surface area contributed by atoms with Crippen LogP contribution < -0.4 is 5.32 Å². The van der Waals surface area contributed by atoms with E-state index in [1.165, 1.54) is 11.1 Å². The Morgan fingerprint density at radius 3 is 2.88 bits per heavy atom. The van der Waals surface area contributed by atoms with Crippen molar-refractivity contribution in [1.29, 1.82) is 0 Å². The van der Waals surface area contributed by atoms with Gasteiger partial charge in [-0.15, -0.1) is 0 Å². The van der Waals surface area contributed by atoms with Gasteiger partial charge in [0, 0.05) is 11.1 Å². The van der Waals surface area contributed by atoms with E-state index in [4.69, 9.17) is 11.6 Å². The van der Waals surface area contributed by atoms with Crippen LogP contribution in [0.5, 0.6) is 0 Å². The Kier molecular flexibility index (Phi) is 4.60. The molecular weight excluding hydrogens is 250 g/mol. The molecule has 0 saturated carbocycles. The van der Waals surface area contributed by atoms with Gasteiger partial charge in [0.15, 0.2) is 0 Å². The molecule has 2 rings (SSSR count). The van der Waals surface area contributed by atoms with Crippen LogP contribution in [0.1, 0.15) is 24.1 Å². The van der Waals surface area contributed by atoms with E-state index in [-0.39, 0.29) is 0 Å². The summed E-state index contributed by atoms with van der Waals surface area (Å²) in [5.41, 5.74) is 2.63. The predicted octanol–water partition coefficient (Wildman–Crippen LogP) is 4.29. The second kappa shape index (κ2) is 6.20. The van der Waals surface area contributed by atoms with Gasteiger partial charge in [-0.3, -0.25) is 0 Å². The monoisotopic (exact) mass is 265 g/mol. The van der Waals surface area contributed by atoms with Gasteiger partial charge in [0.1, 0.15) is 0 Å². The van der Waals surface area contributed by atoms with Crippen molar-refractivity contribution < 1.29 is 0 Å². The Morgan fingerprint density at radius 2 is 2.24 bits per heavy atom. The third-order valence-corrected chi connectivity index (χ3v) is 3.69. The molecule has 0 radical (unpaired) electrons. The largest absolute Gasteiger partial charge is 0.310 e. The van der Waals surface area contributed by atoms with Crippen LogP contribution in [0.2, 0.25) is 5.02 Å². The van der Waals surface area contributed by atoms with Crippen LogP contribution in [0.3, 0.4) is 0 Å². The first-order chi connectivity index (χ1) is 8.29. The molecule has 1 atom stereocenters. The zero-order valence-corrected chi connectivity index (χ0v) is 11.4. The van der Waals surface area contributed by atoms with Gasteiger partial charge in [0.05, 0.1) is 0 Å². The van der Waals surface area contributed by atoms with Crippen LogP contribution in [0.4, 0.5) is 0 Å². The maximum atomic E-state index is 6.05. The van der Waals surface area contributed by atoms with Gasteiger partial charge in [0.25, 0.3) is 0 Å². The minimum atomic E-state index is 0.341. The average molecular weight is 266 g/mol. The van der Waals surface area contributed by atoms with Crippen molar-refractivity contribution in [2.75, 3.05) is 6.54 Å². The third-order valence-electron chi connectivity index (χ3n) is 2.72. The molecule has 1 heterocycles. The fourth-order valence-corrected chi connectivity index (χ4v) is 2.80. The topological polar surface area (TPSA) is 12.0 Å². The van der Waals surface area contributed by atoms with Crippen molar-refractivity contribution >= 4 is 22.9 Å². The summed E-state index contributed by atoms with van der Waals surface area (Å²) in [6, 6.07) is 10.6. The predicted molar refractivity (Wildman–Crippen MR) is 75.9 cm³/mol. The highest BCUT2D eigenvalue weighted by atomic mass is 35.5. The van der Waals surface area contributed by atoms with Crippen LogP contribution in [0.15, 0.2) is 41.1 Å². The maximum absolute atomic E-state index is 6.05. The molecule has 0 bridgehead atoms. The van der Waals surface area contributed by atoms with E-state index < -0.39 is 0 Å². The second-order valence-corrected chi connectivity index (χ2v) is 5.22. The first kappa shape index (κ1) is 12.6. The Labute approximate surface area is 111 Å². The van der Waals surface area contributed by atoms with Crippen molar-refractivity contribution in [3.8, 4) is 0 Å². The van der Waals surface area contributed by atoms with Gasteiger partial charge in [-0.25, -0.2) is 0 Å². The minimum Gasteiger partial charge on any atom is -0.310 e. The molecule has 2 aromatic rings. The molecule has 0 fully saturated rings. The molecule has 90 valence electrons. The maximum Gasteiger partial charge on any atom is 0.0409 e. The van der Waals surface area contributed by atoms with Gasteiger partial charge in [-0.2, -0.15) is 11.3 Å². The highest BCUT2D eigenvalue weighted by Gasteiger charge is 2.11. The van der Waals surface area contributed by atoms with Crippen LogP contribution in [0, 0.1) is 0 Å². The summed E-state index contributed by atoms with van der Waals surface area (Å²) in [6.45, 7) is 3.09. The summed E-state index contributed by atoms with van der Waals surface area (Å²) >= 11 is 7.79. The number of hydrogen-bond donors (Lipinski definition) is 1. The highest BCUT2D eigenvalue weighted by molar-refractivity contribution is 7.07. The number of thiophene rings is 1. The number of halogens is 1. The molecule has 0 aliphatic carbocycles. The van der Waals surface area contributed by atoms with Crippen molar-refractivity contribution in [2.24, 2.45) is 0 Å². The number of hydrogen-bond acceptors (Lipinski definition) is 2. The van der Waals surface area contributed by atoms with E-state index in [0.717, 1.165) is 18.0 Å². The SMILES string of the molecule is CCNC(Cc1ccsc1)c1cccc(Cl)c1. The lowest BCUT2D eigenvalue weighted by molar-refractivity contribution is 0.550. The molecule has 0 spiro atoms. The summed E-state index contributed by atoms with van der Waals surface area (Å²) in [5, 5.41) is 8.64. The van der Waals surface area contributed by atoms with Crippen molar-refractivity contribution in [3.63, 3.8) is 0 Å². The Balaban J connectivity index is 2.16. The van der Waals surface area contributed by atoms with E-state index in [1.54, 1.807) is 11.3 Å². The number of benzene rings is 1. The second-order valence-electron chi connectivity index (χ2n) is 4.00. The van der Waals surface area contributed by atoms with E-state index in [2.05, 4.69) is 35.1 Å². The van der Waals surface area contributed by atoms with Gasteiger partial charge in [0.2, 0.25) is 0 Å². The zero-order valence-electron chi connectivity index (χ0n) is 9.82. The molecule has 17 heavy (non-hydrogen) atoms. The van der Waals surface area contributed by atoms with Gasteiger partial charge < -0.3 is 5.32 Å². The fraction of sp³-hybridized carbons (Fsp3) is 0.286. The summed E-state index contributed by atoms with van der Waals surface area (Å²) in [5.74, 6) is 0. The lowest BCUT2D eigenvalue weighted by Crippen LogP contribution is -2.22. The molecule has 0 saturated heterocycles. The molecule has 1 nitrogen and oxygen atoms in total. The number of likely N-dealkylation sites (N-methyl/N-ethyl adjacent to an activating group) is 1. The highest BCUT2D eigenvalue weighted by Crippen LogP contribution is 2.22. The smallest absolute Gasteiger partial charge is 0.0409 e. The molecule has 1 N–H and O–H groups in total. The van der Waals surface area contributed by atoms with Crippen molar-refractivity contribution in [1.82, 2.24) is 5.32 Å². The normalized spacial score (nSPS) is 12.6. The van der Waals surface area contributed by atoms with Gasteiger partial charge in [-0.05, 0) is 53.1 Å². The molecular formula is C14H16ClNS. The van der Waals surface area contributed by atoms with E-state index in [0.29, 0.717) is 6.04 Å². The first-order valence-corrected chi connectivity index (χ1v) is 7.11. The van der Waals surface area contributed by atoms with E-state index in [9.17, 15) is 0 Å². The fourth-order valence-electron chi connectivity index (χ4n) is 1.92. The van der Waals surface area contributed by atoms with Crippen molar-refractivity contribution in [2.45, 2.75) is 19.4 Å². The Bertz CT molecular complexity index is 453. The molecule has 1 aromatic heterocycles. The molecule has 1 aromatic carbocycles. The number of rotatable bonds is 5. The minimum absolute atomic E-state index is 0.341. The molecule has 1 unspecified atom stereocenters. The standard InChI is InChI=1S/C14H16ClNS/c1-2-16-14(8-11-6-7-17-10-11)12-4-3-5-13(15)9-12/h3-7,9-10,14,16H,2,8H2,1H3. The molecule has 0 aliphatic heterocycles.